The first-order valence-corrected chi connectivity index (χ1v) is 19.5. The number of aromatic nitrogens is 3. The Balaban J connectivity index is 1.07. The fraction of sp³-hybridized carbons (Fsp3) is 0.0185. The Hall–Kier alpha value is -7.49. The Labute approximate surface area is 330 Å². The minimum Gasteiger partial charge on any atom is -0.208 e. The van der Waals surface area contributed by atoms with Crippen LogP contribution in [0.3, 0.4) is 0 Å². The van der Waals surface area contributed by atoms with Gasteiger partial charge in [-0.2, -0.15) is 0 Å². The number of hydrogen-bond donors (Lipinski definition) is 0. The summed E-state index contributed by atoms with van der Waals surface area (Å²) in [4.78, 5) is 15.5. The predicted octanol–water partition coefficient (Wildman–Crippen LogP) is 13.2. The van der Waals surface area contributed by atoms with Crippen molar-refractivity contribution in [3.8, 4) is 67.5 Å². The third-order valence-electron chi connectivity index (χ3n) is 12.1. The van der Waals surface area contributed by atoms with E-state index in [0.717, 1.165) is 38.9 Å². The van der Waals surface area contributed by atoms with E-state index >= 15 is 0 Å². The number of benzene rings is 9. The van der Waals surface area contributed by atoms with Crippen molar-refractivity contribution in [1.82, 2.24) is 15.0 Å². The van der Waals surface area contributed by atoms with E-state index in [9.17, 15) is 0 Å². The van der Waals surface area contributed by atoms with Crippen molar-refractivity contribution in [2.24, 2.45) is 0 Å². The zero-order valence-electron chi connectivity index (χ0n) is 30.9. The van der Waals surface area contributed by atoms with Crippen LogP contribution in [-0.2, 0) is 5.41 Å². The van der Waals surface area contributed by atoms with Crippen molar-refractivity contribution in [2.45, 2.75) is 5.41 Å². The summed E-state index contributed by atoms with van der Waals surface area (Å²) in [5.74, 6) is 1.92. The van der Waals surface area contributed by atoms with Crippen molar-refractivity contribution < 1.29 is 0 Å². The molecule has 0 bridgehead atoms. The highest BCUT2D eigenvalue weighted by molar-refractivity contribution is 6.17. The van der Waals surface area contributed by atoms with E-state index < -0.39 is 5.41 Å². The Morgan fingerprint density at radius 3 is 1.49 bits per heavy atom. The van der Waals surface area contributed by atoms with Crippen LogP contribution in [-0.4, -0.2) is 15.0 Å². The van der Waals surface area contributed by atoms with E-state index in [4.69, 9.17) is 15.0 Å². The minimum atomic E-state index is -0.440. The van der Waals surface area contributed by atoms with Crippen molar-refractivity contribution in [2.75, 3.05) is 0 Å². The van der Waals surface area contributed by atoms with E-state index in [2.05, 4.69) is 176 Å². The smallest absolute Gasteiger partial charge is 0.164 e. The molecule has 9 aromatic carbocycles. The van der Waals surface area contributed by atoms with Crippen LogP contribution in [0, 0.1) is 0 Å². The molecule has 1 heterocycles. The first-order chi connectivity index (χ1) is 28.3. The van der Waals surface area contributed by atoms with Crippen LogP contribution < -0.4 is 0 Å². The Bertz CT molecular complexity index is 3180. The molecule has 12 rings (SSSR count). The maximum atomic E-state index is 5.25. The lowest BCUT2D eigenvalue weighted by Crippen LogP contribution is -2.26. The number of fused-ring (bicyclic) bond motifs is 7. The molecule has 57 heavy (non-hydrogen) atoms. The first-order valence-electron chi connectivity index (χ1n) is 19.5. The molecule has 0 aliphatic heterocycles. The summed E-state index contributed by atoms with van der Waals surface area (Å²) in [7, 11) is 0. The maximum absolute atomic E-state index is 5.25. The van der Waals surface area contributed by atoms with Gasteiger partial charge in [-0.3, -0.25) is 0 Å². The third kappa shape index (κ3) is 4.63. The van der Waals surface area contributed by atoms with Gasteiger partial charge >= 0.3 is 0 Å². The van der Waals surface area contributed by atoms with Gasteiger partial charge in [0.05, 0.1) is 5.41 Å². The fourth-order valence-corrected chi connectivity index (χ4v) is 9.69. The van der Waals surface area contributed by atoms with Crippen molar-refractivity contribution >= 4 is 21.5 Å². The molecule has 264 valence electrons. The molecule has 0 saturated carbocycles. The van der Waals surface area contributed by atoms with Gasteiger partial charge in [0.2, 0.25) is 0 Å². The summed E-state index contributed by atoms with van der Waals surface area (Å²) in [6.45, 7) is 0. The molecule has 0 saturated heterocycles. The average molecular weight is 724 g/mol. The van der Waals surface area contributed by atoms with E-state index in [1.807, 2.05) is 24.3 Å². The summed E-state index contributed by atoms with van der Waals surface area (Å²) < 4.78 is 0. The molecule has 0 radical (unpaired) electrons. The van der Waals surface area contributed by atoms with Gasteiger partial charge in [0.25, 0.3) is 0 Å². The van der Waals surface area contributed by atoms with E-state index in [0.29, 0.717) is 17.5 Å². The maximum Gasteiger partial charge on any atom is 0.164 e. The SMILES string of the molecule is c1ccc(-c2cccc(-c3nc(-c4ccccc4)nc(-c4ccccc4-c4ccc5c(c4)C4(c6ccccc6-5)c5cccc6ccc7cccc4c7c56)n3)c2)cc1. The van der Waals surface area contributed by atoms with Crippen LogP contribution in [0.15, 0.2) is 200 Å². The molecular formula is C54H33N3. The average Bonchev–Trinajstić information content (AvgIpc) is 3.77. The molecule has 0 N–H and O–H groups in total. The molecule has 0 unspecified atom stereocenters. The molecule has 1 spiro atoms. The molecule has 3 nitrogen and oxygen atoms in total. The molecule has 0 atom stereocenters. The second kappa shape index (κ2) is 12.3. The normalized spacial score (nSPS) is 13.1. The summed E-state index contributed by atoms with van der Waals surface area (Å²) in [6, 6.07) is 72.0. The zero-order valence-corrected chi connectivity index (χ0v) is 30.9. The second-order valence-corrected chi connectivity index (χ2v) is 15.1. The molecule has 1 aromatic heterocycles. The lowest BCUT2D eigenvalue weighted by molar-refractivity contribution is 0.797. The van der Waals surface area contributed by atoms with Crippen LogP contribution in [0.4, 0.5) is 0 Å². The third-order valence-corrected chi connectivity index (χ3v) is 12.1. The summed E-state index contributed by atoms with van der Waals surface area (Å²) in [6.07, 6.45) is 0. The number of rotatable bonds is 5. The molecule has 3 heteroatoms. The van der Waals surface area contributed by atoms with Gasteiger partial charge in [-0.15, -0.1) is 0 Å². The van der Waals surface area contributed by atoms with Crippen LogP contribution in [0.2, 0.25) is 0 Å². The van der Waals surface area contributed by atoms with Gasteiger partial charge in [-0.05, 0) is 89.3 Å². The molecule has 2 aliphatic rings. The van der Waals surface area contributed by atoms with Gasteiger partial charge in [0, 0.05) is 16.7 Å². The molecule has 2 aliphatic carbocycles. The zero-order chi connectivity index (χ0) is 37.5. The lowest BCUT2D eigenvalue weighted by Gasteiger charge is -2.31. The summed E-state index contributed by atoms with van der Waals surface area (Å²) in [5, 5.41) is 5.29. The lowest BCUT2D eigenvalue weighted by atomic mass is 9.70. The molecule has 10 aromatic rings. The monoisotopic (exact) mass is 723 g/mol. The highest BCUT2D eigenvalue weighted by Crippen LogP contribution is 2.62. The quantitative estimate of drug-likeness (QED) is 0.166. The van der Waals surface area contributed by atoms with E-state index in [1.54, 1.807) is 0 Å². The van der Waals surface area contributed by atoms with E-state index in [-0.39, 0.29) is 0 Å². The Morgan fingerprint density at radius 2 is 0.772 bits per heavy atom. The largest absolute Gasteiger partial charge is 0.208 e. The number of hydrogen-bond acceptors (Lipinski definition) is 3. The van der Waals surface area contributed by atoms with Crippen LogP contribution in [0.5, 0.6) is 0 Å². The Morgan fingerprint density at radius 1 is 0.263 bits per heavy atom. The van der Waals surface area contributed by atoms with Crippen LogP contribution in [0.1, 0.15) is 22.3 Å². The number of nitrogens with zero attached hydrogens (tertiary/aromatic N) is 3. The fourth-order valence-electron chi connectivity index (χ4n) is 9.69. The van der Waals surface area contributed by atoms with Gasteiger partial charge in [0.15, 0.2) is 17.5 Å². The standard InChI is InChI=1S/C54H33N3/c1-3-14-34(15-4-1)38-20-11-21-40(32-38)52-55-51(37-16-5-2-6-17-37)56-53(57-52)44-24-8-7-22-41(44)39-30-31-43-42-23-9-10-25-45(42)54(48(43)33-39)46-26-12-18-35-28-29-36-19-13-27-47(54)50(36)49(35)46/h1-33H. The molecular weight excluding hydrogens is 691 g/mol. The summed E-state index contributed by atoms with van der Waals surface area (Å²) in [5.41, 5.74) is 14.8. The van der Waals surface area contributed by atoms with Gasteiger partial charge in [-0.1, -0.05) is 188 Å². The summed E-state index contributed by atoms with van der Waals surface area (Å²) >= 11 is 0. The van der Waals surface area contributed by atoms with Crippen molar-refractivity contribution in [1.29, 1.82) is 0 Å². The Kier molecular flexibility index (Phi) is 6.84. The molecule has 0 amide bonds. The topological polar surface area (TPSA) is 38.7 Å². The highest BCUT2D eigenvalue weighted by atomic mass is 15.0. The van der Waals surface area contributed by atoms with Crippen LogP contribution >= 0.6 is 0 Å². The second-order valence-electron chi connectivity index (χ2n) is 15.1. The van der Waals surface area contributed by atoms with Gasteiger partial charge < -0.3 is 0 Å². The minimum absolute atomic E-state index is 0.440. The van der Waals surface area contributed by atoms with Gasteiger partial charge in [0.1, 0.15) is 0 Å². The molecule has 0 fully saturated rings. The van der Waals surface area contributed by atoms with Crippen molar-refractivity contribution in [3.63, 3.8) is 0 Å². The van der Waals surface area contributed by atoms with E-state index in [1.165, 1.54) is 54.9 Å². The van der Waals surface area contributed by atoms with Gasteiger partial charge in [-0.25, -0.2) is 15.0 Å². The highest BCUT2D eigenvalue weighted by Gasteiger charge is 2.50. The van der Waals surface area contributed by atoms with Crippen molar-refractivity contribution in [3.05, 3.63) is 222 Å². The first kappa shape index (κ1) is 31.8. The predicted molar refractivity (Wildman–Crippen MR) is 233 cm³/mol. The van der Waals surface area contributed by atoms with Crippen LogP contribution in [0.25, 0.3) is 89.1 Å².